The van der Waals surface area contributed by atoms with Crippen LogP contribution in [0.1, 0.15) is 39.5 Å². The number of amides is 1. The third-order valence-electron chi connectivity index (χ3n) is 3.84. The first-order chi connectivity index (χ1) is 7.01. The molecule has 1 aliphatic carbocycles. The molecule has 1 amide bonds. The minimum atomic E-state index is 0.283. The van der Waals surface area contributed by atoms with Crippen molar-refractivity contribution >= 4 is 5.91 Å². The number of nitrogens with one attached hydrogen (secondary N) is 1. The van der Waals surface area contributed by atoms with Crippen LogP contribution in [0.4, 0.5) is 0 Å². The highest BCUT2D eigenvalue weighted by atomic mass is 16.2. The van der Waals surface area contributed by atoms with Gasteiger partial charge in [0.15, 0.2) is 0 Å². The second-order valence-corrected chi connectivity index (χ2v) is 5.04. The van der Waals surface area contributed by atoms with Gasteiger partial charge in [-0.15, -0.1) is 0 Å². The number of hydrogen-bond donors (Lipinski definition) is 1. The van der Waals surface area contributed by atoms with E-state index in [1.54, 1.807) is 0 Å². The zero-order chi connectivity index (χ0) is 11.5. The third-order valence-corrected chi connectivity index (χ3v) is 3.84. The zero-order valence-electron chi connectivity index (χ0n) is 10.5. The first-order valence-corrected chi connectivity index (χ1v) is 5.91. The normalized spacial score (nSPS) is 19.7. The van der Waals surface area contributed by atoms with Crippen LogP contribution in [0.5, 0.6) is 0 Å². The maximum atomic E-state index is 11.8. The van der Waals surface area contributed by atoms with Crippen LogP contribution >= 0.6 is 0 Å². The van der Waals surface area contributed by atoms with E-state index in [-0.39, 0.29) is 5.91 Å². The lowest BCUT2D eigenvalue weighted by molar-refractivity contribution is -0.132. The summed E-state index contributed by atoms with van der Waals surface area (Å²) in [6, 6.07) is 0.389. The molecule has 1 saturated carbocycles. The number of carbonyl (C=O) groups is 1. The summed E-state index contributed by atoms with van der Waals surface area (Å²) in [7, 11) is 3.86. The molecule has 15 heavy (non-hydrogen) atoms. The van der Waals surface area contributed by atoms with Gasteiger partial charge in [-0.2, -0.15) is 0 Å². The number of nitrogens with zero attached hydrogens (tertiary/aromatic N) is 1. The molecule has 0 aromatic carbocycles. The first-order valence-electron chi connectivity index (χ1n) is 5.91. The van der Waals surface area contributed by atoms with Crippen molar-refractivity contribution in [3.63, 3.8) is 0 Å². The van der Waals surface area contributed by atoms with E-state index in [0.717, 1.165) is 13.0 Å². The number of carbonyl (C=O) groups excluding carboxylic acids is 1. The van der Waals surface area contributed by atoms with Crippen molar-refractivity contribution in [2.24, 2.45) is 5.41 Å². The molecular formula is C12H24N2O. The smallest absolute Gasteiger partial charge is 0.222 e. The van der Waals surface area contributed by atoms with Gasteiger partial charge in [0.1, 0.15) is 0 Å². The minimum absolute atomic E-state index is 0.283. The van der Waals surface area contributed by atoms with Gasteiger partial charge in [-0.1, -0.05) is 6.92 Å². The van der Waals surface area contributed by atoms with Crippen molar-refractivity contribution in [1.82, 2.24) is 10.2 Å². The van der Waals surface area contributed by atoms with Crippen molar-refractivity contribution in [2.45, 2.75) is 45.6 Å². The summed E-state index contributed by atoms with van der Waals surface area (Å²) in [6.07, 6.45) is 4.13. The predicted molar refractivity (Wildman–Crippen MR) is 62.7 cm³/mol. The molecule has 1 atom stereocenters. The molecule has 88 valence electrons. The lowest BCUT2D eigenvalue weighted by atomic mass is 9.99. The summed E-state index contributed by atoms with van der Waals surface area (Å²) in [5.41, 5.74) is 0.396. The van der Waals surface area contributed by atoms with Crippen LogP contribution in [-0.4, -0.2) is 37.5 Å². The van der Waals surface area contributed by atoms with Crippen LogP contribution in [0.2, 0.25) is 0 Å². The van der Waals surface area contributed by atoms with E-state index in [1.165, 1.54) is 12.8 Å². The van der Waals surface area contributed by atoms with Gasteiger partial charge in [0.05, 0.1) is 0 Å². The molecule has 3 heteroatoms. The van der Waals surface area contributed by atoms with E-state index >= 15 is 0 Å². The Hall–Kier alpha value is -0.570. The number of hydrogen-bond acceptors (Lipinski definition) is 2. The fraction of sp³-hybridized carbons (Fsp3) is 0.917. The van der Waals surface area contributed by atoms with Gasteiger partial charge in [0, 0.05) is 19.5 Å². The van der Waals surface area contributed by atoms with E-state index in [4.69, 9.17) is 0 Å². The fourth-order valence-electron chi connectivity index (χ4n) is 1.89. The van der Waals surface area contributed by atoms with Gasteiger partial charge in [-0.05, 0) is 45.2 Å². The van der Waals surface area contributed by atoms with Gasteiger partial charge in [0.25, 0.3) is 0 Å². The lowest BCUT2D eigenvalue weighted by Gasteiger charge is -2.30. The molecule has 0 aliphatic heterocycles. The van der Waals surface area contributed by atoms with E-state index in [1.807, 2.05) is 19.0 Å². The minimum Gasteiger partial charge on any atom is -0.343 e. The second kappa shape index (κ2) is 4.97. The molecule has 1 N–H and O–H groups in total. The zero-order valence-corrected chi connectivity index (χ0v) is 10.5. The van der Waals surface area contributed by atoms with Gasteiger partial charge >= 0.3 is 0 Å². The van der Waals surface area contributed by atoms with E-state index in [0.29, 0.717) is 17.9 Å². The Morgan fingerprint density at radius 1 is 1.53 bits per heavy atom. The Morgan fingerprint density at radius 2 is 2.13 bits per heavy atom. The summed E-state index contributed by atoms with van der Waals surface area (Å²) < 4.78 is 0. The van der Waals surface area contributed by atoms with Gasteiger partial charge in [0.2, 0.25) is 5.91 Å². The van der Waals surface area contributed by atoms with E-state index in [2.05, 4.69) is 19.2 Å². The molecule has 0 saturated heterocycles. The van der Waals surface area contributed by atoms with Crippen molar-refractivity contribution in [3.05, 3.63) is 0 Å². The van der Waals surface area contributed by atoms with E-state index in [9.17, 15) is 4.79 Å². The van der Waals surface area contributed by atoms with Crippen LogP contribution in [0.15, 0.2) is 0 Å². The molecule has 0 radical (unpaired) electrons. The first kappa shape index (κ1) is 12.5. The maximum Gasteiger partial charge on any atom is 0.222 e. The van der Waals surface area contributed by atoms with Crippen molar-refractivity contribution in [3.8, 4) is 0 Å². The highest BCUT2D eigenvalue weighted by Crippen LogP contribution is 2.49. The van der Waals surface area contributed by atoms with Crippen molar-refractivity contribution in [2.75, 3.05) is 20.6 Å². The largest absolute Gasteiger partial charge is 0.343 e. The van der Waals surface area contributed by atoms with Gasteiger partial charge < -0.3 is 10.2 Å². The summed E-state index contributed by atoms with van der Waals surface area (Å²) in [5.74, 6) is 0.283. The highest BCUT2D eigenvalue weighted by molar-refractivity contribution is 5.76. The average Bonchev–Trinajstić information content (AvgIpc) is 2.96. The van der Waals surface area contributed by atoms with Crippen LogP contribution in [0.25, 0.3) is 0 Å². The molecule has 0 aromatic heterocycles. The molecule has 0 heterocycles. The molecule has 1 aliphatic rings. The van der Waals surface area contributed by atoms with E-state index < -0.39 is 0 Å². The van der Waals surface area contributed by atoms with Gasteiger partial charge in [-0.3, -0.25) is 4.79 Å². The summed E-state index contributed by atoms with van der Waals surface area (Å²) in [6.45, 7) is 5.36. The predicted octanol–water partition coefficient (Wildman–Crippen LogP) is 1.63. The van der Waals surface area contributed by atoms with Crippen molar-refractivity contribution in [1.29, 1.82) is 0 Å². The maximum absolute atomic E-state index is 11.8. The highest BCUT2D eigenvalue weighted by Gasteiger charge is 2.44. The van der Waals surface area contributed by atoms with Gasteiger partial charge in [-0.25, -0.2) is 0 Å². The topological polar surface area (TPSA) is 32.3 Å². The Kier molecular flexibility index (Phi) is 4.14. The molecule has 1 rings (SSSR count). The van der Waals surface area contributed by atoms with Crippen LogP contribution < -0.4 is 5.32 Å². The Labute approximate surface area is 93.2 Å². The third kappa shape index (κ3) is 3.20. The fourth-order valence-corrected chi connectivity index (χ4v) is 1.89. The summed E-state index contributed by atoms with van der Waals surface area (Å²) >= 11 is 0. The van der Waals surface area contributed by atoms with Crippen LogP contribution in [0.3, 0.4) is 0 Å². The van der Waals surface area contributed by atoms with Crippen LogP contribution in [0, 0.1) is 5.41 Å². The van der Waals surface area contributed by atoms with Crippen LogP contribution in [-0.2, 0) is 4.79 Å². The SMILES string of the molecule is CNCCCC(=O)N(C)C(C)C1(C)CC1. The Bertz CT molecular complexity index is 224. The standard InChI is InChI=1S/C12H24N2O/c1-10(12(2)7-8-12)14(4)11(15)6-5-9-13-3/h10,13H,5-9H2,1-4H3. The molecule has 3 nitrogen and oxygen atoms in total. The molecule has 0 aromatic rings. The molecule has 0 bridgehead atoms. The number of rotatable bonds is 6. The van der Waals surface area contributed by atoms with Crippen molar-refractivity contribution < 1.29 is 4.79 Å². The Balaban J connectivity index is 2.32. The molecule has 1 unspecified atom stereocenters. The summed E-state index contributed by atoms with van der Waals surface area (Å²) in [4.78, 5) is 13.8. The molecule has 1 fully saturated rings. The summed E-state index contributed by atoms with van der Waals surface area (Å²) in [5, 5.41) is 3.06. The lowest BCUT2D eigenvalue weighted by Crippen LogP contribution is -2.40. The quantitative estimate of drug-likeness (QED) is 0.679. The molecule has 0 spiro atoms. The monoisotopic (exact) mass is 212 g/mol. The average molecular weight is 212 g/mol. The second-order valence-electron chi connectivity index (χ2n) is 5.04. The Morgan fingerprint density at radius 3 is 2.60 bits per heavy atom. The molecular weight excluding hydrogens is 188 g/mol.